The fourth-order valence-corrected chi connectivity index (χ4v) is 1.46. The molecule has 0 bridgehead atoms. The van der Waals surface area contributed by atoms with Crippen LogP contribution in [0, 0.1) is 0 Å². The average molecular weight is 208 g/mol. The molecule has 0 aliphatic carbocycles. The average Bonchev–Trinajstić information content (AvgIpc) is 2.55. The van der Waals surface area contributed by atoms with Gasteiger partial charge in [0.25, 0.3) is 0 Å². The summed E-state index contributed by atoms with van der Waals surface area (Å²) < 4.78 is 4.85. The Morgan fingerprint density at radius 1 is 1.53 bits per heavy atom. The van der Waals surface area contributed by atoms with E-state index < -0.39 is 17.9 Å². The van der Waals surface area contributed by atoms with Gasteiger partial charge in [-0.25, -0.2) is 4.79 Å². The second-order valence-corrected chi connectivity index (χ2v) is 3.54. The Balaban J connectivity index is 2.50. The van der Waals surface area contributed by atoms with E-state index in [-0.39, 0.29) is 0 Å². The van der Waals surface area contributed by atoms with Crippen LogP contribution in [0.25, 0.3) is 11.1 Å². The highest BCUT2D eigenvalue weighted by Crippen LogP contribution is 2.18. The largest absolute Gasteiger partial charge is 0.417 e. The maximum Gasteiger partial charge on any atom is 0.417 e. The van der Waals surface area contributed by atoms with Crippen LogP contribution in [0.2, 0.25) is 0 Å². The molecule has 2 atom stereocenters. The van der Waals surface area contributed by atoms with Gasteiger partial charge in [-0.15, -0.1) is 0 Å². The van der Waals surface area contributed by atoms with Crippen molar-refractivity contribution in [3.05, 3.63) is 34.3 Å². The van der Waals surface area contributed by atoms with Crippen LogP contribution in [0.15, 0.2) is 27.4 Å². The quantitative estimate of drug-likeness (QED) is 0.670. The molecule has 0 amide bonds. The molecule has 2 aromatic rings. The molecule has 80 valence electrons. The van der Waals surface area contributed by atoms with Crippen LogP contribution in [0.3, 0.4) is 0 Å². The van der Waals surface area contributed by atoms with Crippen molar-refractivity contribution in [2.75, 3.05) is 0 Å². The standard InChI is InChI=1S/C10H12N2O3/c1-5(13)9(11)6-2-3-8-7(4-6)12-10(14)15-8/h2-5,9,13H,11H2,1H3,(H,12,14). The predicted octanol–water partition coefficient (Wildman–Crippen LogP) is 0.502. The zero-order valence-electron chi connectivity index (χ0n) is 8.23. The minimum Gasteiger partial charge on any atom is -0.408 e. The van der Waals surface area contributed by atoms with Gasteiger partial charge in [0.1, 0.15) is 0 Å². The van der Waals surface area contributed by atoms with Crippen LogP contribution in [-0.4, -0.2) is 16.2 Å². The van der Waals surface area contributed by atoms with E-state index in [1.165, 1.54) is 0 Å². The first kappa shape index (κ1) is 9.95. The highest BCUT2D eigenvalue weighted by Gasteiger charge is 2.13. The maximum absolute atomic E-state index is 10.9. The number of nitrogens with one attached hydrogen (secondary N) is 1. The molecule has 0 saturated heterocycles. The molecule has 4 N–H and O–H groups in total. The van der Waals surface area contributed by atoms with Crippen LogP contribution in [0.4, 0.5) is 0 Å². The van der Waals surface area contributed by atoms with Gasteiger partial charge < -0.3 is 15.3 Å². The number of rotatable bonds is 2. The highest BCUT2D eigenvalue weighted by molar-refractivity contribution is 5.72. The van der Waals surface area contributed by atoms with Gasteiger partial charge in [-0.3, -0.25) is 4.98 Å². The Hall–Kier alpha value is -1.59. The first-order valence-electron chi connectivity index (χ1n) is 4.64. The number of nitrogens with two attached hydrogens (primary N) is 1. The molecule has 0 aliphatic heterocycles. The lowest BCUT2D eigenvalue weighted by molar-refractivity contribution is 0.164. The van der Waals surface area contributed by atoms with Crippen LogP contribution in [0.1, 0.15) is 18.5 Å². The number of aromatic amines is 1. The van der Waals surface area contributed by atoms with Gasteiger partial charge in [-0.2, -0.15) is 0 Å². The Bertz CT molecular complexity index is 527. The fraction of sp³-hybridized carbons (Fsp3) is 0.300. The number of aromatic nitrogens is 1. The Morgan fingerprint density at radius 2 is 2.27 bits per heavy atom. The van der Waals surface area contributed by atoms with Crippen molar-refractivity contribution in [1.82, 2.24) is 4.98 Å². The predicted molar refractivity (Wildman–Crippen MR) is 55.4 cm³/mol. The van der Waals surface area contributed by atoms with Crippen molar-refractivity contribution < 1.29 is 9.52 Å². The van der Waals surface area contributed by atoms with E-state index in [9.17, 15) is 9.90 Å². The van der Waals surface area contributed by atoms with Crippen LogP contribution >= 0.6 is 0 Å². The van der Waals surface area contributed by atoms with Crippen LogP contribution < -0.4 is 11.5 Å². The molecule has 5 nitrogen and oxygen atoms in total. The zero-order valence-corrected chi connectivity index (χ0v) is 8.23. The lowest BCUT2D eigenvalue weighted by atomic mass is 10.0. The van der Waals surface area contributed by atoms with Crippen molar-refractivity contribution in [2.45, 2.75) is 19.1 Å². The lowest BCUT2D eigenvalue weighted by Crippen LogP contribution is -2.22. The maximum atomic E-state index is 10.9. The summed E-state index contributed by atoms with van der Waals surface area (Å²) in [4.78, 5) is 13.4. The molecule has 0 aliphatic rings. The molecular formula is C10H12N2O3. The SMILES string of the molecule is CC(O)C(N)c1ccc2oc(=O)[nH]c2c1. The van der Waals surface area contributed by atoms with Crippen molar-refractivity contribution >= 4 is 11.1 Å². The van der Waals surface area contributed by atoms with Gasteiger partial charge in [0.2, 0.25) is 0 Å². The Morgan fingerprint density at radius 3 is 2.93 bits per heavy atom. The van der Waals surface area contributed by atoms with Gasteiger partial charge in [0.15, 0.2) is 5.58 Å². The first-order valence-corrected chi connectivity index (χ1v) is 4.64. The molecule has 2 unspecified atom stereocenters. The molecule has 0 spiro atoms. The summed E-state index contributed by atoms with van der Waals surface area (Å²) >= 11 is 0. The molecule has 0 fully saturated rings. The van der Waals surface area contributed by atoms with Crippen molar-refractivity contribution in [3.63, 3.8) is 0 Å². The zero-order chi connectivity index (χ0) is 11.0. The number of aliphatic hydroxyl groups excluding tert-OH is 1. The summed E-state index contributed by atoms with van der Waals surface area (Å²) in [5, 5.41) is 9.33. The van der Waals surface area contributed by atoms with E-state index in [2.05, 4.69) is 4.98 Å². The summed E-state index contributed by atoms with van der Waals surface area (Å²) in [6.07, 6.45) is -0.638. The molecule has 0 radical (unpaired) electrons. The third-order valence-electron chi connectivity index (χ3n) is 2.35. The summed E-state index contributed by atoms with van der Waals surface area (Å²) in [6, 6.07) is 4.63. The summed E-state index contributed by atoms with van der Waals surface area (Å²) in [5.74, 6) is -0.493. The fourth-order valence-electron chi connectivity index (χ4n) is 1.46. The number of fused-ring (bicyclic) bond motifs is 1. The van der Waals surface area contributed by atoms with E-state index in [1.807, 2.05) is 0 Å². The number of hydrogen-bond donors (Lipinski definition) is 3. The van der Waals surface area contributed by atoms with Gasteiger partial charge in [-0.05, 0) is 24.6 Å². The molecule has 1 aromatic carbocycles. The van der Waals surface area contributed by atoms with E-state index in [0.717, 1.165) is 5.56 Å². The van der Waals surface area contributed by atoms with Crippen LogP contribution in [0.5, 0.6) is 0 Å². The Kier molecular flexibility index (Phi) is 2.34. The molecular weight excluding hydrogens is 196 g/mol. The monoisotopic (exact) mass is 208 g/mol. The van der Waals surface area contributed by atoms with E-state index >= 15 is 0 Å². The number of hydrogen-bond acceptors (Lipinski definition) is 4. The third kappa shape index (κ3) is 1.79. The lowest BCUT2D eigenvalue weighted by Gasteiger charge is -2.14. The van der Waals surface area contributed by atoms with E-state index in [0.29, 0.717) is 11.1 Å². The number of aliphatic hydroxyl groups is 1. The molecule has 5 heteroatoms. The van der Waals surface area contributed by atoms with Gasteiger partial charge in [-0.1, -0.05) is 6.07 Å². The molecule has 1 heterocycles. The number of oxazole rings is 1. The van der Waals surface area contributed by atoms with E-state index in [4.69, 9.17) is 10.2 Å². The topological polar surface area (TPSA) is 92.2 Å². The third-order valence-corrected chi connectivity index (χ3v) is 2.35. The molecule has 0 saturated carbocycles. The Labute approximate surface area is 85.5 Å². The second kappa shape index (κ2) is 3.52. The molecule has 1 aromatic heterocycles. The van der Waals surface area contributed by atoms with Gasteiger partial charge in [0.05, 0.1) is 17.7 Å². The highest BCUT2D eigenvalue weighted by atomic mass is 16.4. The van der Waals surface area contributed by atoms with Gasteiger partial charge >= 0.3 is 5.76 Å². The van der Waals surface area contributed by atoms with Crippen molar-refractivity contribution in [2.24, 2.45) is 5.73 Å². The smallest absolute Gasteiger partial charge is 0.408 e. The molecule has 15 heavy (non-hydrogen) atoms. The normalized spacial score (nSPS) is 15.4. The van der Waals surface area contributed by atoms with Crippen LogP contribution in [-0.2, 0) is 0 Å². The summed E-state index contributed by atoms with van der Waals surface area (Å²) in [6.45, 7) is 1.62. The number of H-pyrrole nitrogens is 1. The minimum absolute atomic E-state index is 0.465. The molecule has 2 rings (SSSR count). The summed E-state index contributed by atoms with van der Waals surface area (Å²) in [5.41, 5.74) is 7.60. The minimum atomic E-state index is -0.638. The van der Waals surface area contributed by atoms with Crippen molar-refractivity contribution in [3.8, 4) is 0 Å². The van der Waals surface area contributed by atoms with Crippen molar-refractivity contribution in [1.29, 1.82) is 0 Å². The first-order chi connectivity index (χ1) is 7.08. The van der Waals surface area contributed by atoms with Gasteiger partial charge in [0, 0.05) is 0 Å². The number of benzene rings is 1. The van der Waals surface area contributed by atoms with E-state index in [1.54, 1.807) is 25.1 Å². The second-order valence-electron chi connectivity index (χ2n) is 3.54. The summed E-state index contributed by atoms with van der Waals surface area (Å²) in [7, 11) is 0.